The Bertz CT molecular complexity index is 303. The van der Waals surface area contributed by atoms with Crippen LogP contribution in [-0.4, -0.2) is 31.4 Å². The molecule has 2 N–H and O–H groups in total. The largest absolute Gasteiger partial charge is 0.389 e. The molecule has 0 rings (SSSR count). The fourth-order valence-corrected chi connectivity index (χ4v) is 1.83. The van der Waals surface area contributed by atoms with Crippen molar-refractivity contribution < 1.29 is 13.5 Å². The first kappa shape index (κ1) is 13.4. The third-order valence-corrected chi connectivity index (χ3v) is 2.81. The van der Waals surface area contributed by atoms with E-state index in [1.165, 1.54) is 0 Å². The maximum atomic E-state index is 11.0. The number of hydrogen-bond acceptors (Lipinski definition) is 4. The van der Waals surface area contributed by atoms with Crippen LogP contribution < -0.4 is 4.72 Å². The van der Waals surface area contributed by atoms with E-state index in [1.54, 1.807) is 13.0 Å². The highest BCUT2D eigenvalue weighted by Gasteiger charge is 2.21. The molecule has 0 fully saturated rings. The van der Waals surface area contributed by atoms with Crippen LogP contribution in [0.15, 0.2) is 0 Å². The van der Waals surface area contributed by atoms with Crippen molar-refractivity contribution in [1.82, 2.24) is 4.72 Å². The van der Waals surface area contributed by atoms with Gasteiger partial charge in [-0.25, -0.2) is 13.1 Å². The van der Waals surface area contributed by atoms with E-state index in [0.717, 1.165) is 6.42 Å². The fourth-order valence-electron chi connectivity index (χ4n) is 1.03. The summed E-state index contributed by atoms with van der Waals surface area (Å²) in [6, 6.07) is 1.54. The molecule has 0 bridgehead atoms. The number of nitrogens with one attached hydrogen (secondary N) is 1. The number of hydrogen-bond donors (Lipinski definition) is 2. The van der Waals surface area contributed by atoms with Gasteiger partial charge in [0.05, 0.1) is 11.7 Å². The molecule has 0 amide bonds. The monoisotopic (exact) mass is 220 g/mol. The highest BCUT2D eigenvalue weighted by molar-refractivity contribution is 7.89. The molecule has 14 heavy (non-hydrogen) atoms. The summed E-state index contributed by atoms with van der Waals surface area (Å²) in [7, 11) is -3.55. The molecular weight excluding hydrogens is 204 g/mol. The van der Waals surface area contributed by atoms with Crippen LogP contribution in [0.5, 0.6) is 0 Å². The van der Waals surface area contributed by atoms with Crippen molar-refractivity contribution >= 4 is 10.0 Å². The third-order valence-electron chi connectivity index (χ3n) is 1.72. The van der Waals surface area contributed by atoms with E-state index < -0.39 is 21.4 Å². The first-order valence-corrected chi connectivity index (χ1v) is 6.05. The van der Waals surface area contributed by atoms with Crippen molar-refractivity contribution in [2.24, 2.45) is 0 Å². The molecule has 0 saturated carbocycles. The van der Waals surface area contributed by atoms with Gasteiger partial charge in [0, 0.05) is 6.54 Å². The van der Waals surface area contributed by atoms with Gasteiger partial charge >= 0.3 is 0 Å². The van der Waals surface area contributed by atoms with Crippen LogP contribution in [0.2, 0.25) is 0 Å². The average molecular weight is 220 g/mol. The van der Waals surface area contributed by atoms with E-state index in [2.05, 4.69) is 4.72 Å². The summed E-state index contributed by atoms with van der Waals surface area (Å²) < 4.78 is 24.3. The molecule has 0 aromatic heterocycles. The van der Waals surface area contributed by atoms with Crippen LogP contribution in [0, 0.1) is 11.3 Å². The van der Waals surface area contributed by atoms with E-state index in [4.69, 9.17) is 5.26 Å². The van der Waals surface area contributed by atoms with Crippen LogP contribution in [-0.2, 0) is 10.0 Å². The minimum Gasteiger partial charge on any atom is -0.389 e. The second-order valence-corrected chi connectivity index (χ2v) is 5.29. The molecule has 0 aliphatic carbocycles. The fraction of sp³-hybridized carbons (Fsp3) is 0.875. The van der Waals surface area contributed by atoms with E-state index in [0.29, 0.717) is 6.42 Å². The van der Waals surface area contributed by atoms with E-state index >= 15 is 0 Å². The number of sulfonamides is 1. The number of nitriles is 1. The van der Waals surface area contributed by atoms with E-state index in [1.807, 2.05) is 6.92 Å². The molecule has 0 saturated heterocycles. The molecule has 0 aromatic carbocycles. The molecule has 5 nitrogen and oxygen atoms in total. The highest BCUT2D eigenvalue weighted by atomic mass is 32.2. The molecule has 0 aromatic rings. The van der Waals surface area contributed by atoms with Gasteiger partial charge in [-0.1, -0.05) is 13.3 Å². The van der Waals surface area contributed by atoms with Crippen molar-refractivity contribution in [3.05, 3.63) is 0 Å². The average Bonchev–Trinajstić information content (AvgIpc) is 2.01. The Morgan fingerprint density at radius 2 is 2.14 bits per heavy atom. The lowest BCUT2D eigenvalue weighted by Crippen LogP contribution is -2.41. The van der Waals surface area contributed by atoms with Crippen molar-refractivity contribution in [2.75, 3.05) is 12.3 Å². The quantitative estimate of drug-likeness (QED) is 0.658. The summed E-state index contributed by atoms with van der Waals surface area (Å²) in [5.41, 5.74) is -1.04. The summed E-state index contributed by atoms with van der Waals surface area (Å²) in [5.74, 6) is -0.574. The predicted molar refractivity (Wildman–Crippen MR) is 52.9 cm³/mol. The normalized spacial score (nSPS) is 15.9. The summed E-state index contributed by atoms with van der Waals surface area (Å²) in [6.45, 7) is 3.41. The molecular formula is C8H16N2O3S. The van der Waals surface area contributed by atoms with Crippen LogP contribution in [0.25, 0.3) is 0 Å². The zero-order valence-corrected chi connectivity index (χ0v) is 9.26. The topological polar surface area (TPSA) is 90.2 Å². The molecule has 82 valence electrons. The second-order valence-electron chi connectivity index (χ2n) is 3.49. The van der Waals surface area contributed by atoms with Gasteiger partial charge in [0.25, 0.3) is 0 Å². The van der Waals surface area contributed by atoms with Crippen molar-refractivity contribution in [2.45, 2.75) is 32.3 Å². The molecule has 0 spiro atoms. The Balaban J connectivity index is 4.12. The Kier molecular flexibility index (Phi) is 5.05. The van der Waals surface area contributed by atoms with Gasteiger partial charge in [-0.2, -0.15) is 5.26 Å². The van der Waals surface area contributed by atoms with Crippen LogP contribution >= 0.6 is 0 Å². The molecule has 0 aliphatic heterocycles. The van der Waals surface area contributed by atoms with Gasteiger partial charge < -0.3 is 5.11 Å². The van der Waals surface area contributed by atoms with Crippen LogP contribution in [0.1, 0.15) is 26.7 Å². The first-order chi connectivity index (χ1) is 6.33. The maximum absolute atomic E-state index is 11.0. The zero-order chi connectivity index (χ0) is 11.2. The Morgan fingerprint density at radius 3 is 2.57 bits per heavy atom. The summed E-state index contributed by atoms with van der Waals surface area (Å²) in [4.78, 5) is 0. The third kappa shape index (κ3) is 5.91. The lowest BCUT2D eigenvalue weighted by molar-refractivity contribution is 0.0555. The standard InChI is InChI=1S/C8H16N2O3S/c1-3-4-8(2,11)7-10-14(12,13)6-5-9/h10-11H,3-4,6-7H2,1-2H3. The Morgan fingerprint density at radius 1 is 1.57 bits per heavy atom. The van der Waals surface area contributed by atoms with Gasteiger partial charge in [-0.15, -0.1) is 0 Å². The summed E-state index contributed by atoms with van der Waals surface area (Å²) in [6.07, 6.45) is 1.29. The predicted octanol–water partition coefficient (Wildman–Crippen LogP) is -0.0195. The zero-order valence-electron chi connectivity index (χ0n) is 8.45. The molecule has 0 aliphatic rings. The molecule has 1 unspecified atom stereocenters. The Hall–Kier alpha value is -0.640. The molecule has 1 atom stereocenters. The van der Waals surface area contributed by atoms with Gasteiger partial charge in [0.1, 0.15) is 0 Å². The van der Waals surface area contributed by atoms with Gasteiger partial charge in [-0.3, -0.25) is 0 Å². The summed E-state index contributed by atoms with van der Waals surface area (Å²) in [5, 5.41) is 17.8. The second kappa shape index (κ2) is 5.29. The van der Waals surface area contributed by atoms with E-state index in [9.17, 15) is 13.5 Å². The van der Waals surface area contributed by atoms with Crippen molar-refractivity contribution in [3.8, 4) is 6.07 Å². The van der Waals surface area contributed by atoms with Gasteiger partial charge in [-0.05, 0) is 13.3 Å². The number of nitrogens with zero attached hydrogens (tertiary/aromatic N) is 1. The maximum Gasteiger partial charge on any atom is 0.225 e. The molecule has 6 heteroatoms. The van der Waals surface area contributed by atoms with E-state index in [-0.39, 0.29) is 6.54 Å². The lowest BCUT2D eigenvalue weighted by Gasteiger charge is -2.22. The van der Waals surface area contributed by atoms with Crippen LogP contribution in [0.4, 0.5) is 0 Å². The minimum atomic E-state index is -3.55. The molecule has 0 radical (unpaired) electrons. The number of rotatable bonds is 6. The van der Waals surface area contributed by atoms with Crippen molar-refractivity contribution in [1.29, 1.82) is 5.26 Å². The lowest BCUT2D eigenvalue weighted by atomic mass is 10.0. The number of aliphatic hydroxyl groups is 1. The SMILES string of the molecule is CCCC(C)(O)CNS(=O)(=O)CC#N. The Labute approximate surface area is 84.8 Å². The van der Waals surface area contributed by atoms with Gasteiger partial charge in [0.15, 0.2) is 5.75 Å². The summed E-state index contributed by atoms with van der Waals surface area (Å²) >= 11 is 0. The molecule has 0 heterocycles. The highest BCUT2D eigenvalue weighted by Crippen LogP contribution is 2.10. The first-order valence-electron chi connectivity index (χ1n) is 4.39. The minimum absolute atomic E-state index is 0.0507. The van der Waals surface area contributed by atoms with Gasteiger partial charge in [0.2, 0.25) is 10.0 Å². The smallest absolute Gasteiger partial charge is 0.225 e. The van der Waals surface area contributed by atoms with Crippen molar-refractivity contribution in [3.63, 3.8) is 0 Å². The van der Waals surface area contributed by atoms with Crippen LogP contribution in [0.3, 0.4) is 0 Å².